The van der Waals surface area contributed by atoms with E-state index in [1.807, 2.05) is 50.2 Å². The van der Waals surface area contributed by atoms with Crippen LogP contribution >= 0.6 is 11.8 Å². The van der Waals surface area contributed by atoms with Crippen LogP contribution in [0.15, 0.2) is 64.7 Å². The molecule has 5 nitrogen and oxygen atoms in total. The number of benzene rings is 2. The molecule has 4 rings (SSSR count). The van der Waals surface area contributed by atoms with Crippen molar-refractivity contribution in [2.45, 2.75) is 30.3 Å². The number of carbonyl (C=O) groups excluding carboxylic acids is 1. The van der Waals surface area contributed by atoms with E-state index < -0.39 is 0 Å². The van der Waals surface area contributed by atoms with Gasteiger partial charge in [-0.25, -0.2) is 4.79 Å². The third-order valence-corrected chi connectivity index (χ3v) is 6.02. The van der Waals surface area contributed by atoms with Crippen LogP contribution in [0.3, 0.4) is 0 Å². The van der Waals surface area contributed by atoms with Crippen molar-refractivity contribution in [3.63, 3.8) is 0 Å². The van der Waals surface area contributed by atoms with Gasteiger partial charge in [-0.2, -0.15) is 0 Å². The number of anilines is 1. The summed E-state index contributed by atoms with van der Waals surface area (Å²) >= 11 is 1.76. The Labute approximate surface area is 163 Å². The number of hydrogen-bond donors (Lipinski definition) is 1. The molecule has 2 atom stereocenters. The topological polar surface area (TPSA) is 50.8 Å². The second-order valence-electron chi connectivity index (χ2n) is 6.42. The second kappa shape index (κ2) is 7.19. The van der Waals surface area contributed by atoms with Crippen molar-refractivity contribution < 1.29 is 14.3 Å². The third-order valence-electron chi connectivity index (χ3n) is 4.86. The molecule has 0 saturated heterocycles. The van der Waals surface area contributed by atoms with Crippen molar-refractivity contribution in [1.29, 1.82) is 0 Å². The summed E-state index contributed by atoms with van der Waals surface area (Å²) in [5.74, 6) is 0.509. The number of carbonyl (C=O) groups is 1. The predicted molar refractivity (Wildman–Crippen MR) is 107 cm³/mol. The summed E-state index contributed by atoms with van der Waals surface area (Å²) in [5.41, 5.74) is 3.69. The van der Waals surface area contributed by atoms with Crippen LogP contribution in [-0.2, 0) is 9.53 Å². The first-order chi connectivity index (χ1) is 13.1. The first-order valence-corrected chi connectivity index (χ1v) is 9.84. The molecule has 0 aliphatic carbocycles. The maximum atomic E-state index is 12.8. The van der Waals surface area contributed by atoms with Crippen LogP contribution in [0.4, 0.5) is 5.69 Å². The number of nitrogens with zero attached hydrogens (tertiary/aromatic N) is 1. The number of rotatable bonds is 4. The zero-order chi connectivity index (χ0) is 19.0. The first-order valence-electron chi connectivity index (χ1n) is 8.96. The number of ether oxygens (including phenoxy) is 2. The van der Waals surface area contributed by atoms with Crippen molar-refractivity contribution in [3.8, 4) is 5.75 Å². The van der Waals surface area contributed by atoms with Gasteiger partial charge in [0.1, 0.15) is 5.75 Å². The zero-order valence-electron chi connectivity index (χ0n) is 15.6. The van der Waals surface area contributed by atoms with Crippen LogP contribution < -0.4 is 15.0 Å². The van der Waals surface area contributed by atoms with E-state index in [9.17, 15) is 4.79 Å². The highest BCUT2D eigenvalue weighted by Crippen LogP contribution is 2.51. The average Bonchev–Trinajstić information content (AvgIpc) is 3.05. The van der Waals surface area contributed by atoms with E-state index in [0.29, 0.717) is 12.2 Å². The minimum absolute atomic E-state index is 0.0349. The quantitative estimate of drug-likeness (QED) is 0.805. The van der Waals surface area contributed by atoms with E-state index in [2.05, 4.69) is 22.3 Å². The average molecular weight is 382 g/mol. The molecule has 2 aromatic carbocycles. The van der Waals surface area contributed by atoms with Gasteiger partial charge in [0.05, 0.1) is 31.0 Å². The van der Waals surface area contributed by atoms with E-state index in [-0.39, 0.29) is 17.5 Å². The molecule has 2 aliphatic heterocycles. The number of nitrogens with one attached hydrogen (secondary N) is 1. The molecule has 2 unspecified atom stereocenters. The van der Waals surface area contributed by atoms with Gasteiger partial charge < -0.3 is 19.7 Å². The summed E-state index contributed by atoms with van der Waals surface area (Å²) in [4.78, 5) is 16.3. The number of para-hydroxylation sites is 1. The van der Waals surface area contributed by atoms with E-state index in [0.717, 1.165) is 22.7 Å². The molecule has 0 spiro atoms. The molecule has 140 valence electrons. The number of fused-ring (bicyclic) bond motifs is 3. The molecular weight excluding hydrogens is 360 g/mol. The van der Waals surface area contributed by atoms with Crippen molar-refractivity contribution in [2.24, 2.45) is 0 Å². The van der Waals surface area contributed by atoms with Crippen LogP contribution in [0.25, 0.3) is 0 Å². The summed E-state index contributed by atoms with van der Waals surface area (Å²) < 4.78 is 10.7. The number of allylic oxidation sites excluding steroid dienone is 1. The van der Waals surface area contributed by atoms with E-state index in [4.69, 9.17) is 9.47 Å². The normalized spacial score (nSPS) is 20.6. The molecule has 0 radical (unpaired) electrons. The number of hydrogen-bond acceptors (Lipinski definition) is 6. The summed E-state index contributed by atoms with van der Waals surface area (Å²) in [6, 6.07) is 16.0. The Hall–Kier alpha value is -2.60. The molecule has 6 heteroatoms. The fraction of sp³-hybridized carbons (Fsp3) is 0.286. The summed E-state index contributed by atoms with van der Waals surface area (Å²) in [6.07, 6.45) is 0. The fourth-order valence-electron chi connectivity index (χ4n) is 3.64. The number of esters is 1. The van der Waals surface area contributed by atoms with Gasteiger partial charge in [-0.05, 0) is 43.7 Å². The first kappa shape index (κ1) is 17.8. The maximum Gasteiger partial charge on any atom is 0.338 e. The largest absolute Gasteiger partial charge is 0.497 e. The van der Waals surface area contributed by atoms with Gasteiger partial charge in [-0.3, -0.25) is 0 Å². The lowest BCUT2D eigenvalue weighted by Gasteiger charge is -2.41. The fourth-order valence-corrected chi connectivity index (χ4v) is 4.92. The maximum absolute atomic E-state index is 12.8. The second-order valence-corrected chi connectivity index (χ2v) is 7.55. The van der Waals surface area contributed by atoms with Gasteiger partial charge in [0.25, 0.3) is 0 Å². The summed E-state index contributed by atoms with van der Waals surface area (Å²) in [7, 11) is 1.65. The molecule has 27 heavy (non-hydrogen) atoms. The lowest BCUT2D eigenvalue weighted by atomic mass is 9.93. The molecule has 2 aromatic rings. The van der Waals surface area contributed by atoms with Crippen LogP contribution in [0, 0.1) is 0 Å². The Morgan fingerprint density at radius 1 is 1.19 bits per heavy atom. The van der Waals surface area contributed by atoms with Crippen LogP contribution in [0.1, 0.15) is 25.5 Å². The standard InChI is InChI=1S/C21H22N2O3S/c1-4-26-20(24)18-13(2)22-21-23(16-7-5-6-8-17(16)27-21)19(18)14-9-11-15(25-3)12-10-14/h5-12,19,21-22H,4H2,1-3H3. The summed E-state index contributed by atoms with van der Waals surface area (Å²) in [5, 5.41) is 3.48. The van der Waals surface area contributed by atoms with Crippen molar-refractivity contribution in [1.82, 2.24) is 5.32 Å². The molecule has 1 N–H and O–H groups in total. The third kappa shape index (κ3) is 3.04. The van der Waals surface area contributed by atoms with Crippen LogP contribution in [-0.4, -0.2) is 25.2 Å². The molecular formula is C21H22N2O3S. The van der Waals surface area contributed by atoms with Crippen LogP contribution in [0.5, 0.6) is 5.75 Å². The predicted octanol–water partition coefficient (Wildman–Crippen LogP) is 4.07. The summed E-state index contributed by atoms with van der Waals surface area (Å²) in [6.45, 7) is 4.12. The Morgan fingerprint density at radius 2 is 1.93 bits per heavy atom. The van der Waals surface area contributed by atoms with Crippen LogP contribution in [0.2, 0.25) is 0 Å². The SMILES string of the molecule is CCOC(=O)C1=C(C)NC2Sc3ccccc3N2C1c1ccc(OC)cc1. The molecule has 0 fully saturated rings. The van der Waals surface area contributed by atoms with Gasteiger partial charge in [0.2, 0.25) is 0 Å². The molecule has 0 saturated carbocycles. The monoisotopic (exact) mass is 382 g/mol. The van der Waals surface area contributed by atoms with Crippen molar-refractivity contribution in [3.05, 3.63) is 65.4 Å². The Kier molecular flexibility index (Phi) is 4.74. The van der Waals surface area contributed by atoms with Gasteiger partial charge in [0, 0.05) is 10.6 Å². The van der Waals surface area contributed by atoms with Crippen molar-refractivity contribution >= 4 is 23.4 Å². The smallest absolute Gasteiger partial charge is 0.338 e. The van der Waals surface area contributed by atoms with Gasteiger partial charge in [-0.15, -0.1) is 0 Å². The highest BCUT2D eigenvalue weighted by Gasteiger charge is 2.44. The zero-order valence-corrected chi connectivity index (χ0v) is 16.4. The Balaban J connectivity index is 1.85. The molecule has 0 aromatic heterocycles. The van der Waals surface area contributed by atoms with Gasteiger partial charge >= 0.3 is 5.97 Å². The highest BCUT2D eigenvalue weighted by molar-refractivity contribution is 8.00. The highest BCUT2D eigenvalue weighted by atomic mass is 32.2. The lowest BCUT2D eigenvalue weighted by Crippen LogP contribution is -2.49. The number of thioether (sulfide) groups is 1. The van der Waals surface area contributed by atoms with Gasteiger partial charge in [0.15, 0.2) is 5.50 Å². The van der Waals surface area contributed by atoms with Crippen molar-refractivity contribution in [2.75, 3.05) is 18.6 Å². The Bertz CT molecular complexity index is 895. The number of methoxy groups -OCH3 is 1. The van der Waals surface area contributed by atoms with E-state index >= 15 is 0 Å². The molecule has 2 aliphatic rings. The van der Waals surface area contributed by atoms with Gasteiger partial charge in [-0.1, -0.05) is 36.0 Å². The molecule has 0 bridgehead atoms. The molecule has 0 amide bonds. The lowest BCUT2D eigenvalue weighted by molar-refractivity contribution is -0.139. The Morgan fingerprint density at radius 3 is 2.63 bits per heavy atom. The minimum atomic E-state index is -0.281. The molecule has 2 heterocycles. The minimum Gasteiger partial charge on any atom is -0.497 e. The van der Waals surface area contributed by atoms with E-state index in [1.165, 1.54) is 4.90 Å². The van der Waals surface area contributed by atoms with E-state index in [1.54, 1.807) is 18.9 Å².